The fraction of sp³-hybridized carbons (Fsp3) is 0. The van der Waals surface area contributed by atoms with Crippen molar-refractivity contribution in [3.8, 4) is 11.5 Å². The van der Waals surface area contributed by atoms with Gasteiger partial charge < -0.3 is 4.74 Å². The number of fused-ring (bicyclic) bond motifs is 1. The van der Waals surface area contributed by atoms with Crippen molar-refractivity contribution in [3.63, 3.8) is 0 Å². The summed E-state index contributed by atoms with van der Waals surface area (Å²) in [6, 6.07) is 3.82. The van der Waals surface area contributed by atoms with Crippen LogP contribution in [-0.2, 0) is 0 Å². The molecule has 0 atom stereocenters. The molecule has 50 valence electrons. The van der Waals surface area contributed by atoms with E-state index in [2.05, 4.69) is 19.2 Å². The van der Waals surface area contributed by atoms with E-state index in [1.165, 1.54) is 0 Å². The van der Waals surface area contributed by atoms with Crippen molar-refractivity contribution in [2.45, 2.75) is 4.90 Å². The lowest BCUT2D eigenvalue weighted by molar-refractivity contribution is 0.648. The van der Waals surface area contributed by atoms with Crippen LogP contribution in [0.4, 0.5) is 0 Å². The first-order valence-electron chi connectivity index (χ1n) is 2.99. The average molecular weight is 150 g/mol. The minimum Gasteiger partial charge on any atom is -0.449 e. The number of hydrogen-bond acceptors (Lipinski definition) is 2. The monoisotopic (exact) mass is 150 g/mol. The molecule has 0 aliphatic carbocycles. The Kier molecular flexibility index (Phi) is 1.05. The molecular formula is C8H6OS. The Morgan fingerprint density at radius 2 is 2.30 bits per heavy atom. The summed E-state index contributed by atoms with van der Waals surface area (Å²) in [6.45, 7) is 3.66. The van der Waals surface area contributed by atoms with Crippen LogP contribution in [0.1, 0.15) is 5.56 Å². The van der Waals surface area contributed by atoms with Gasteiger partial charge in [-0.25, -0.2) is 0 Å². The van der Waals surface area contributed by atoms with Crippen LogP contribution in [0.2, 0.25) is 0 Å². The van der Waals surface area contributed by atoms with Crippen LogP contribution in [0.15, 0.2) is 23.6 Å². The van der Waals surface area contributed by atoms with Crippen LogP contribution < -0.4 is 4.74 Å². The SMILES string of the molecule is C=Cc1c(S)ccc2c1O2. The third kappa shape index (κ3) is 0.656. The van der Waals surface area contributed by atoms with Crippen molar-refractivity contribution in [2.24, 2.45) is 0 Å². The van der Waals surface area contributed by atoms with E-state index in [4.69, 9.17) is 4.74 Å². The van der Waals surface area contributed by atoms with Gasteiger partial charge in [-0.15, -0.1) is 12.6 Å². The van der Waals surface area contributed by atoms with Crippen molar-refractivity contribution in [1.82, 2.24) is 0 Å². The maximum absolute atomic E-state index is 5.12. The van der Waals surface area contributed by atoms with Crippen molar-refractivity contribution in [1.29, 1.82) is 0 Å². The second kappa shape index (κ2) is 1.80. The summed E-state index contributed by atoms with van der Waals surface area (Å²) in [4.78, 5) is 0.922. The summed E-state index contributed by atoms with van der Waals surface area (Å²) in [5.74, 6) is 1.88. The van der Waals surface area contributed by atoms with Crippen molar-refractivity contribution in [3.05, 3.63) is 24.3 Å². The van der Waals surface area contributed by atoms with Gasteiger partial charge in [0.25, 0.3) is 0 Å². The van der Waals surface area contributed by atoms with E-state index in [0.717, 1.165) is 22.0 Å². The van der Waals surface area contributed by atoms with Crippen LogP contribution in [0.5, 0.6) is 11.5 Å². The lowest BCUT2D eigenvalue weighted by Gasteiger charge is -1.90. The minimum absolute atomic E-state index is 0.922. The molecule has 2 rings (SSSR count). The van der Waals surface area contributed by atoms with E-state index >= 15 is 0 Å². The summed E-state index contributed by atoms with van der Waals surface area (Å²) < 4.78 is 5.12. The Morgan fingerprint density at radius 3 is 2.90 bits per heavy atom. The second-order valence-electron chi connectivity index (χ2n) is 2.13. The van der Waals surface area contributed by atoms with Crippen molar-refractivity contribution >= 4 is 18.7 Å². The number of benzene rings is 1. The highest BCUT2D eigenvalue weighted by atomic mass is 32.1. The molecule has 10 heavy (non-hydrogen) atoms. The minimum atomic E-state index is 0.922. The molecule has 1 aliphatic heterocycles. The molecule has 2 heteroatoms. The molecule has 0 saturated heterocycles. The summed E-state index contributed by atoms with van der Waals surface area (Å²) in [7, 11) is 0. The first-order chi connectivity index (χ1) is 4.83. The number of hydrogen-bond donors (Lipinski definition) is 1. The smallest absolute Gasteiger partial charge is 0.178 e. The van der Waals surface area contributed by atoms with E-state index in [0.29, 0.717) is 0 Å². The molecule has 0 saturated carbocycles. The Hall–Kier alpha value is -0.890. The summed E-state index contributed by atoms with van der Waals surface area (Å²) in [6.07, 6.45) is 1.76. The molecule has 1 heterocycles. The number of thiol groups is 1. The van der Waals surface area contributed by atoms with E-state index in [-0.39, 0.29) is 0 Å². The summed E-state index contributed by atoms with van der Waals surface area (Å²) in [5.41, 5.74) is 1.00. The highest BCUT2D eigenvalue weighted by molar-refractivity contribution is 7.80. The Balaban J connectivity index is 2.67. The molecule has 0 N–H and O–H groups in total. The van der Waals surface area contributed by atoms with Gasteiger partial charge in [-0.1, -0.05) is 12.7 Å². The maximum Gasteiger partial charge on any atom is 0.178 e. The van der Waals surface area contributed by atoms with Crippen molar-refractivity contribution in [2.75, 3.05) is 0 Å². The topological polar surface area (TPSA) is 12.5 Å². The van der Waals surface area contributed by atoms with Crippen LogP contribution in [0, 0.1) is 0 Å². The molecule has 0 fully saturated rings. The molecular weight excluding hydrogens is 144 g/mol. The van der Waals surface area contributed by atoms with Gasteiger partial charge in [-0.05, 0) is 12.1 Å². The molecule has 0 radical (unpaired) electrons. The van der Waals surface area contributed by atoms with Crippen LogP contribution >= 0.6 is 12.6 Å². The van der Waals surface area contributed by atoms with E-state index in [1.807, 2.05) is 12.1 Å². The predicted molar refractivity (Wildman–Crippen MR) is 43.9 cm³/mol. The zero-order valence-electron chi connectivity index (χ0n) is 5.29. The zero-order chi connectivity index (χ0) is 7.14. The van der Waals surface area contributed by atoms with Gasteiger partial charge in [0.05, 0.1) is 0 Å². The van der Waals surface area contributed by atoms with Gasteiger partial charge in [0.15, 0.2) is 11.5 Å². The normalized spacial score (nSPS) is 11.7. The molecule has 0 spiro atoms. The van der Waals surface area contributed by atoms with Gasteiger partial charge in [0.1, 0.15) is 0 Å². The largest absolute Gasteiger partial charge is 0.449 e. The molecule has 1 aromatic carbocycles. The number of rotatable bonds is 1. The van der Waals surface area contributed by atoms with Gasteiger partial charge in [0, 0.05) is 10.5 Å². The fourth-order valence-electron chi connectivity index (χ4n) is 0.940. The lowest BCUT2D eigenvalue weighted by atomic mass is 10.2. The van der Waals surface area contributed by atoms with Gasteiger partial charge in [-0.2, -0.15) is 0 Å². The highest BCUT2D eigenvalue weighted by Gasteiger charge is 2.23. The first-order valence-corrected chi connectivity index (χ1v) is 3.44. The molecule has 1 aliphatic rings. The van der Waals surface area contributed by atoms with Crippen LogP contribution in [0.3, 0.4) is 0 Å². The quantitative estimate of drug-likeness (QED) is 0.487. The van der Waals surface area contributed by atoms with Crippen LogP contribution in [-0.4, -0.2) is 0 Å². The average Bonchev–Trinajstić information content (AvgIpc) is 2.66. The maximum atomic E-state index is 5.12. The summed E-state index contributed by atoms with van der Waals surface area (Å²) in [5, 5.41) is 0. The Bertz CT molecular complexity index is 301. The fourth-order valence-corrected chi connectivity index (χ4v) is 1.21. The number of ether oxygens (including phenoxy) is 1. The molecule has 1 aromatic rings. The highest BCUT2D eigenvalue weighted by Crippen LogP contribution is 2.50. The molecule has 1 nitrogen and oxygen atoms in total. The first kappa shape index (κ1) is 5.86. The standard InChI is InChI=1S/C8H6OS/c1-2-5-7(10)4-3-6-8(5)9-6/h2-4,10H,1H2. The predicted octanol–water partition coefficient (Wildman–Crippen LogP) is 2.72. The van der Waals surface area contributed by atoms with Gasteiger partial charge in [-0.3, -0.25) is 0 Å². The molecule has 0 aromatic heterocycles. The van der Waals surface area contributed by atoms with E-state index in [1.54, 1.807) is 6.08 Å². The van der Waals surface area contributed by atoms with Gasteiger partial charge >= 0.3 is 0 Å². The molecule has 0 amide bonds. The van der Waals surface area contributed by atoms with Crippen LogP contribution in [0.25, 0.3) is 6.08 Å². The van der Waals surface area contributed by atoms with Crippen molar-refractivity contribution < 1.29 is 4.74 Å². The second-order valence-corrected chi connectivity index (χ2v) is 2.61. The summed E-state index contributed by atoms with van der Waals surface area (Å²) >= 11 is 4.23. The van der Waals surface area contributed by atoms with Gasteiger partial charge in [0.2, 0.25) is 0 Å². The third-order valence-corrected chi connectivity index (χ3v) is 1.90. The third-order valence-electron chi connectivity index (χ3n) is 1.51. The zero-order valence-corrected chi connectivity index (χ0v) is 6.19. The van der Waals surface area contributed by atoms with E-state index < -0.39 is 0 Å². The Labute approximate surface area is 64.7 Å². The lowest BCUT2D eigenvalue weighted by Crippen LogP contribution is -1.67. The Morgan fingerprint density at radius 1 is 1.50 bits per heavy atom. The van der Waals surface area contributed by atoms with E-state index in [9.17, 15) is 0 Å². The molecule has 0 unspecified atom stereocenters. The molecule has 0 bridgehead atoms.